The number of aromatic nitrogens is 2. The Labute approximate surface area is 178 Å². The van der Waals surface area contributed by atoms with Crippen LogP contribution in [0, 0.1) is 20.8 Å². The number of fused-ring (bicyclic) bond motifs is 1. The lowest BCUT2D eigenvalue weighted by molar-refractivity contribution is -0.141. The van der Waals surface area contributed by atoms with E-state index in [-0.39, 0.29) is 30.9 Å². The molecule has 0 aliphatic heterocycles. The molecule has 1 amide bonds. The second-order valence-corrected chi connectivity index (χ2v) is 8.47. The highest BCUT2D eigenvalue weighted by molar-refractivity contribution is 7.18. The SMILES string of the molecule is COC(=O)CC(NC(=O)CCn1cnc2sc(C)c(C)c2c1=O)c1ccc(C)cc1. The Balaban J connectivity index is 1.72. The molecule has 0 saturated heterocycles. The normalized spacial score (nSPS) is 12.0. The van der Waals surface area contributed by atoms with E-state index in [0.29, 0.717) is 10.2 Å². The van der Waals surface area contributed by atoms with Crippen LogP contribution in [0.15, 0.2) is 35.4 Å². The van der Waals surface area contributed by atoms with Gasteiger partial charge in [-0.05, 0) is 31.9 Å². The molecule has 3 aromatic rings. The highest BCUT2D eigenvalue weighted by Gasteiger charge is 2.19. The van der Waals surface area contributed by atoms with E-state index in [2.05, 4.69) is 10.3 Å². The summed E-state index contributed by atoms with van der Waals surface area (Å²) in [5, 5.41) is 3.50. The zero-order valence-corrected chi connectivity index (χ0v) is 18.3. The topological polar surface area (TPSA) is 90.3 Å². The molecule has 1 aromatic carbocycles. The number of benzene rings is 1. The predicted octanol–water partition coefficient (Wildman–Crippen LogP) is 3.19. The van der Waals surface area contributed by atoms with Gasteiger partial charge in [0.2, 0.25) is 5.91 Å². The van der Waals surface area contributed by atoms with Crippen LogP contribution in [0.25, 0.3) is 10.2 Å². The molecular formula is C22H25N3O4S. The minimum absolute atomic E-state index is 0.0339. The van der Waals surface area contributed by atoms with Crippen molar-refractivity contribution in [3.63, 3.8) is 0 Å². The molecule has 8 heteroatoms. The zero-order chi connectivity index (χ0) is 21.8. The minimum Gasteiger partial charge on any atom is -0.469 e. The molecule has 0 aliphatic rings. The Morgan fingerprint density at radius 2 is 1.90 bits per heavy atom. The summed E-state index contributed by atoms with van der Waals surface area (Å²) in [4.78, 5) is 43.3. The lowest BCUT2D eigenvalue weighted by atomic mass is 10.0. The maximum absolute atomic E-state index is 12.8. The van der Waals surface area contributed by atoms with Crippen LogP contribution in [0.4, 0.5) is 0 Å². The third-order valence-corrected chi connectivity index (χ3v) is 6.26. The average Bonchev–Trinajstić information content (AvgIpc) is 3.02. The van der Waals surface area contributed by atoms with Crippen LogP contribution in [0.3, 0.4) is 0 Å². The molecule has 0 spiro atoms. The Kier molecular flexibility index (Phi) is 6.66. The maximum Gasteiger partial charge on any atom is 0.307 e. The summed E-state index contributed by atoms with van der Waals surface area (Å²) < 4.78 is 6.22. The van der Waals surface area contributed by atoms with Gasteiger partial charge in [-0.25, -0.2) is 4.98 Å². The number of thiophene rings is 1. The van der Waals surface area contributed by atoms with Crippen LogP contribution in [0.5, 0.6) is 0 Å². The van der Waals surface area contributed by atoms with Crippen molar-refractivity contribution in [3.8, 4) is 0 Å². The molecular weight excluding hydrogens is 402 g/mol. The molecule has 3 rings (SSSR count). The van der Waals surface area contributed by atoms with Gasteiger partial charge in [0.25, 0.3) is 5.56 Å². The van der Waals surface area contributed by atoms with Crippen LogP contribution < -0.4 is 10.9 Å². The van der Waals surface area contributed by atoms with Crippen molar-refractivity contribution in [2.24, 2.45) is 0 Å². The number of rotatable bonds is 7. The fourth-order valence-electron chi connectivity index (χ4n) is 3.22. The molecule has 1 atom stereocenters. The number of nitrogens with zero attached hydrogens (tertiary/aromatic N) is 2. The average molecular weight is 428 g/mol. The smallest absolute Gasteiger partial charge is 0.307 e. The van der Waals surface area contributed by atoms with E-state index in [9.17, 15) is 14.4 Å². The Morgan fingerprint density at radius 1 is 1.20 bits per heavy atom. The number of esters is 1. The summed E-state index contributed by atoms with van der Waals surface area (Å²) in [5.74, 6) is -0.662. The van der Waals surface area contributed by atoms with E-state index in [1.54, 1.807) is 0 Å². The lowest BCUT2D eigenvalue weighted by Gasteiger charge is -2.18. The molecule has 2 heterocycles. The van der Waals surface area contributed by atoms with Crippen molar-refractivity contribution in [2.75, 3.05) is 7.11 Å². The van der Waals surface area contributed by atoms with Crippen LogP contribution in [0.2, 0.25) is 0 Å². The highest BCUT2D eigenvalue weighted by atomic mass is 32.1. The van der Waals surface area contributed by atoms with Gasteiger partial charge >= 0.3 is 5.97 Å². The van der Waals surface area contributed by atoms with Crippen LogP contribution in [-0.2, 0) is 20.9 Å². The van der Waals surface area contributed by atoms with Crippen molar-refractivity contribution in [1.82, 2.24) is 14.9 Å². The number of carbonyl (C=O) groups is 2. The zero-order valence-electron chi connectivity index (χ0n) is 17.5. The van der Waals surface area contributed by atoms with Gasteiger partial charge in [-0.3, -0.25) is 19.0 Å². The van der Waals surface area contributed by atoms with Crippen LogP contribution >= 0.6 is 11.3 Å². The summed E-state index contributed by atoms with van der Waals surface area (Å²) >= 11 is 1.49. The van der Waals surface area contributed by atoms with Gasteiger partial charge in [-0.15, -0.1) is 11.3 Å². The highest BCUT2D eigenvalue weighted by Crippen LogP contribution is 2.25. The second-order valence-electron chi connectivity index (χ2n) is 7.27. The van der Waals surface area contributed by atoms with E-state index in [1.165, 1.54) is 29.3 Å². The van der Waals surface area contributed by atoms with E-state index < -0.39 is 12.0 Å². The van der Waals surface area contributed by atoms with E-state index in [4.69, 9.17) is 4.74 Å². The molecule has 1 unspecified atom stereocenters. The number of hydrogen-bond acceptors (Lipinski definition) is 6. The summed E-state index contributed by atoms with van der Waals surface area (Å²) in [6.07, 6.45) is 1.62. The van der Waals surface area contributed by atoms with Crippen molar-refractivity contribution >= 4 is 33.4 Å². The summed E-state index contributed by atoms with van der Waals surface area (Å²) in [7, 11) is 1.32. The van der Waals surface area contributed by atoms with Crippen molar-refractivity contribution in [3.05, 3.63) is 62.5 Å². The lowest BCUT2D eigenvalue weighted by Crippen LogP contribution is -2.32. The first-order chi connectivity index (χ1) is 14.3. The molecule has 0 fully saturated rings. The Hall–Kier alpha value is -3.00. The molecule has 158 valence electrons. The molecule has 0 saturated carbocycles. The fourth-order valence-corrected chi connectivity index (χ4v) is 4.21. The van der Waals surface area contributed by atoms with Gasteiger partial charge < -0.3 is 10.1 Å². The second kappa shape index (κ2) is 9.21. The van der Waals surface area contributed by atoms with Gasteiger partial charge in [0.1, 0.15) is 4.83 Å². The number of amides is 1. The maximum atomic E-state index is 12.8. The Bertz CT molecular complexity index is 1130. The van der Waals surface area contributed by atoms with E-state index >= 15 is 0 Å². The van der Waals surface area contributed by atoms with Gasteiger partial charge in [0, 0.05) is 17.8 Å². The number of methoxy groups -OCH3 is 1. The summed E-state index contributed by atoms with van der Waals surface area (Å²) in [6.45, 7) is 6.05. The first kappa shape index (κ1) is 21.7. The molecule has 30 heavy (non-hydrogen) atoms. The molecule has 1 N–H and O–H groups in total. The summed E-state index contributed by atoms with van der Waals surface area (Å²) in [5.41, 5.74) is 2.70. The van der Waals surface area contributed by atoms with E-state index in [0.717, 1.165) is 21.6 Å². The third kappa shape index (κ3) is 4.76. The van der Waals surface area contributed by atoms with Gasteiger partial charge in [-0.1, -0.05) is 29.8 Å². The molecule has 2 aromatic heterocycles. The first-order valence-electron chi connectivity index (χ1n) is 9.68. The van der Waals surface area contributed by atoms with Crippen LogP contribution in [0.1, 0.15) is 40.5 Å². The van der Waals surface area contributed by atoms with Gasteiger partial charge in [0.05, 0.1) is 31.3 Å². The fraction of sp³-hybridized carbons (Fsp3) is 0.364. The van der Waals surface area contributed by atoms with Gasteiger partial charge in [0.15, 0.2) is 0 Å². The van der Waals surface area contributed by atoms with Crippen molar-refractivity contribution < 1.29 is 14.3 Å². The summed E-state index contributed by atoms with van der Waals surface area (Å²) in [6, 6.07) is 7.12. The minimum atomic E-state index is -0.496. The number of hydrogen-bond donors (Lipinski definition) is 1. The van der Waals surface area contributed by atoms with Crippen LogP contribution in [-0.4, -0.2) is 28.5 Å². The predicted molar refractivity (Wildman–Crippen MR) is 117 cm³/mol. The van der Waals surface area contributed by atoms with E-state index in [1.807, 2.05) is 45.0 Å². The number of carbonyl (C=O) groups excluding carboxylic acids is 2. The first-order valence-corrected chi connectivity index (χ1v) is 10.5. The number of nitrogens with one attached hydrogen (secondary N) is 1. The van der Waals surface area contributed by atoms with Crippen molar-refractivity contribution in [2.45, 2.75) is 46.2 Å². The number of ether oxygens (including phenoxy) is 1. The molecule has 0 aliphatic carbocycles. The van der Waals surface area contributed by atoms with Gasteiger partial charge in [-0.2, -0.15) is 0 Å². The quantitative estimate of drug-likeness (QED) is 0.585. The monoisotopic (exact) mass is 427 g/mol. The molecule has 0 bridgehead atoms. The standard InChI is InChI=1S/C22H25N3O4S/c1-13-5-7-16(8-6-13)17(11-19(27)29-4)24-18(26)9-10-25-12-23-21-20(22(25)28)14(2)15(3)30-21/h5-8,12,17H,9-11H2,1-4H3,(H,24,26). The largest absolute Gasteiger partial charge is 0.469 e. The third-order valence-electron chi connectivity index (χ3n) is 5.15. The van der Waals surface area contributed by atoms with Crippen molar-refractivity contribution in [1.29, 1.82) is 0 Å². The molecule has 0 radical (unpaired) electrons. The Morgan fingerprint density at radius 3 is 2.57 bits per heavy atom. The molecule has 7 nitrogen and oxygen atoms in total. The number of aryl methyl sites for hydroxylation is 4.